The molecule has 0 fully saturated rings. The van der Waals surface area contributed by atoms with E-state index in [9.17, 15) is 9.59 Å². The summed E-state index contributed by atoms with van der Waals surface area (Å²) in [6.45, 7) is 5.15. The Morgan fingerprint density at radius 2 is 1.73 bits per heavy atom. The van der Waals surface area contributed by atoms with Gasteiger partial charge in [-0.05, 0) is 55.2 Å². The fourth-order valence-electron chi connectivity index (χ4n) is 3.94. The summed E-state index contributed by atoms with van der Waals surface area (Å²) in [6.07, 6.45) is 1.96. The Hall–Kier alpha value is -3.02. The second-order valence-electron chi connectivity index (χ2n) is 9.02. The van der Waals surface area contributed by atoms with Gasteiger partial charge in [-0.3, -0.25) is 9.59 Å². The monoisotopic (exact) mass is 540 g/mol. The number of nitrogens with one attached hydrogen (secondary N) is 1. The zero-order valence-electron chi connectivity index (χ0n) is 21.4. The molecular formula is C30H34Cl2N2O3. The van der Waals surface area contributed by atoms with E-state index in [4.69, 9.17) is 27.9 Å². The van der Waals surface area contributed by atoms with Gasteiger partial charge in [-0.2, -0.15) is 0 Å². The zero-order chi connectivity index (χ0) is 26.6. The molecule has 0 radical (unpaired) electrons. The van der Waals surface area contributed by atoms with Crippen molar-refractivity contribution in [3.63, 3.8) is 0 Å². The van der Waals surface area contributed by atoms with Gasteiger partial charge in [-0.25, -0.2) is 0 Å². The highest BCUT2D eigenvalue weighted by molar-refractivity contribution is 6.35. The SMILES string of the molecule is CCCNC(=O)C(Cc1ccccc1)N(Cc1ccc(Cl)cc1Cl)C(=O)CCCOc1ccc(C)cc1. The molecule has 0 heterocycles. The van der Waals surface area contributed by atoms with Crippen LogP contribution in [0.1, 0.15) is 42.9 Å². The van der Waals surface area contributed by atoms with Crippen LogP contribution in [-0.2, 0) is 22.6 Å². The maximum Gasteiger partial charge on any atom is 0.243 e. The largest absolute Gasteiger partial charge is 0.494 e. The van der Waals surface area contributed by atoms with Gasteiger partial charge in [-0.1, -0.05) is 84.2 Å². The molecular weight excluding hydrogens is 507 g/mol. The van der Waals surface area contributed by atoms with Crippen LogP contribution in [0.2, 0.25) is 10.0 Å². The molecule has 2 amide bonds. The fourth-order valence-corrected chi connectivity index (χ4v) is 4.41. The molecule has 5 nitrogen and oxygen atoms in total. The average molecular weight is 542 g/mol. The van der Waals surface area contributed by atoms with E-state index in [1.54, 1.807) is 23.1 Å². The minimum Gasteiger partial charge on any atom is -0.494 e. The Balaban J connectivity index is 1.80. The number of nitrogens with zero attached hydrogens (tertiary/aromatic N) is 1. The van der Waals surface area contributed by atoms with E-state index in [0.29, 0.717) is 36.0 Å². The van der Waals surface area contributed by atoms with Crippen LogP contribution in [0.15, 0.2) is 72.8 Å². The first-order valence-corrected chi connectivity index (χ1v) is 13.4. The van der Waals surface area contributed by atoms with E-state index in [2.05, 4.69) is 5.32 Å². The van der Waals surface area contributed by atoms with Gasteiger partial charge in [0, 0.05) is 36.0 Å². The zero-order valence-corrected chi connectivity index (χ0v) is 22.9. The lowest BCUT2D eigenvalue weighted by Crippen LogP contribution is -2.50. The second kappa shape index (κ2) is 14.7. The predicted octanol–water partition coefficient (Wildman–Crippen LogP) is 6.63. The lowest BCUT2D eigenvalue weighted by Gasteiger charge is -2.32. The van der Waals surface area contributed by atoms with E-state index in [1.807, 2.05) is 68.4 Å². The highest BCUT2D eigenvalue weighted by Crippen LogP contribution is 2.24. The van der Waals surface area contributed by atoms with Crippen molar-refractivity contribution in [1.29, 1.82) is 0 Å². The number of amides is 2. The molecule has 196 valence electrons. The minimum absolute atomic E-state index is 0.133. The van der Waals surface area contributed by atoms with Crippen LogP contribution in [-0.4, -0.2) is 35.9 Å². The molecule has 37 heavy (non-hydrogen) atoms. The molecule has 0 aliphatic rings. The summed E-state index contributed by atoms with van der Waals surface area (Å²) in [6, 6.07) is 22.0. The molecule has 1 atom stereocenters. The number of carbonyl (C=O) groups is 2. The molecule has 3 aromatic rings. The van der Waals surface area contributed by atoms with Crippen molar-refractivity contribution in [1.82, 2.24) is 10.2 Å². The summed E-state index contributed by atoms with van der Waals surface area (Å²) in [7, 11) is 0. The van der Waals surface area contributed by atoms with Gasteiger partial charge < -0.3 is 15.0 Å². The van der Waals surface area contributed by atoms with Gasteiger partial charge in [0.1, 0.15) is 11.8 Å². The summed E-state index contributed by atoms with van der Waals surface area (Å²) in [5, 5.41) is 3.95. The predicted molar refractivity (Wildman–Crippen MR) is 150 cm³/mol. The molecule has 0 aliphatic heterocycles. The Labute approximate surface area is 229 Å². The third kappa shape index (κ3) is 9.10. The molecule has 3 rings (SSSR count). The molecule has 0 aliphatic carbocycles. The van der Waals surface area contributed by atoms with Gasteiger partial charge in [0.15, 0.2) is 0 Å². The van der Waals surface area contributed by atoms with Crippen LogP contribution in [0.5, 0.6) is 5.75 Å². The first kappa shape index (κ1) is 28.5. The molecule has 0 aromatic heterocycles. The molecule has 1 unspecified atom stereocenters. The van der Waals surface area contributed by atoms with E-state index in [0.717, 1.165) is 28.9 Å². The number of hydrogen-bond acceptors (Lipinski definition) is 3. The maximum atomic E-state index is 13.6. The van der Waals surface area contributed by atoms with Gasteiger partial charge in [0.25, 0.3) is 0 Å². The van der Waals surface area contributed by atoms with Crippen LogP contribution in [0.4, 0.5) is 0 Å². The smallest absolute Gasteiger partial charge is 0.243 e. The highest BCUT2D eigenvalue weighted by atomic mass is 35.5. The van der Waals surface area contributed by atoms with Gasteiger partial charge >= 0.3 is 0 Å². The van der Waals surface area contributed by atoms with Crippen molar-refractivity contribution in [3.8, 4) is 5.75 Å². The van der Waals surface area contributed by atoms with Crippen LogP contribution >= 0.6 is 23.2 Å². The molecule has 0 bridgehead atoms. The molecule has 0 saturated carbocycles. The number of ether oxygens (including phenoxy) is 1. The van der Waals surface area contributed by atoms with E-state index >= 15 is 0 Å². The van der Waals surface area contributed by atoms with Crippen molar-refractivity contribution in [3.05, 3.63) is 99.5 Å². The standard InChI is InChI=1S/C30H34Cl2N2O3/c1-3-17-33-30(36)28(19-23-8-5-4-6-9-23)34(21-24-13-14-25(31)20-27(24)32)29(35)10-7-18-37-26-15-11-22(2)12-16-26/h4-6,8-9,11-16,20,28H,3,7,10,17-19,21H2,1-2H3,(H,33,36). The third-order valence-corrected chi connectivity index (χ3v) is 6.59. The topological polar surface area (TPSA) is 58.6 Å². The molecule has 3 aromatic carbocycles. The first-order chi connectivity index (χ1) is 17.9. The summed E-state index contributed by atoms with van der Waals surface area (Å²) < 4.78 is 5.81. The minimum atomic E-state index is -0.689. The molecule has 1 N–H and O–H groups in total. The number of benzene rings is 3. The first-order valence-electron chi connectivity index (χ1n) is 12.6. The number of halogens is 2. The van der Waals surface area contributed by atoms with Crippen LogP contribution in [0.25, 0.3) is 0 Å². The van der Waals surface area contributed by atoms with Crippen molar-refractivity contribution >= 4 is 35.0 Å². The number of rotatable bonds is 13. The van der Waals surface area contributed by atoms with Crippen molar-refractivity contribution < 1.29 is 14.3 Å². The van der Waals surface area contributed by atoms with Crippen LogP contribution in [0, 0.1) is 6.92 Å². The second-order valence-corrected chi connectivity index (χ2v) is 9.86. The Kier molecular flexibility index (Phi) is 11.3. The highest BCUT2D eigenvalue weighted by Gasteiger charge is 2.30. The summed E-state index contributed by atoms with van der Waals surface area (Å²) in [5.41, 5.74) is 2.86. The quantitative estimate of drug-likeness (QED) is 0.247. The molecule has 7 heteroatoms. The van der Waals surface area contributed by atoms with Crippen molar-refractivity contribution in [2.24, 2.45) is 0 Å². The van der Waals surface area contributed by atoms with Crippen LogP contribution in [0.3, 0.4) is 0 Å². The van der Waals surface area contributed by atoms with Crippen molar-refractivity contribution in [2.45, 2.75) is 52.1 Å². The normalized spacial score (nSPS) is 11.6. The third-order valence-electron chi connectivity index (χ3n) is 6.00. The summed E-state index contributed by atoms with van der Waals surface area (Å²) in [5.74, 6) is 0.454. The van der Waals surface area contributed by atoms with E-state index < -0.39 is 6.04 Å². The Morgan fingerprint density at radius 3 is 2.41 bits per heavy atom. The maximum absolute atomic E-state index is 13.6. The lowest BCUT2D eigenvalue weighted by atomic mass is 10.0. The van der Waals surface area contributed by atoms with E-state index in [-0.39, 0.29) is 24.8 Å². The molecule has 0 spiro atoms. The fraction of sp³-hybridized carbons (Fsp3) is 0.333. The van der Waals surface area contributed by atoms with Gasteiger partial charge in [0.05, 0.1) is 6.61 Å². The number of carbonyl (C=O) groups excluding carboxylic acids is 2. The summed E-state index contributed by atoms with van der Waals surface area (Å²) in [4.78, 5) is 28.6. The lowest BCUT2D eigenvalue weighted by molar-refractivity contribution is -0.141. The van der Waals surface area contributed by atoms with Gasteiger partial charge in [0.2, 0.25) is 11.8 Å². The van der Waals surface area contributed by atoms with Crippen LogP contribution < -0.4 is 10.1 Å². The van der Waals surface area contributed by atoms with Gasteiger partial charge in [-0.15, -0.1) is 0 Å². The molecule has 0 saturated heterocycles. The number of hydrogen-bond donors (Lipinski definition) is 1. The van der Waals surface area contributed by atoms with E-state index in [1.165, 1.54) is 0 Å². The Bertz CT molecular complexity index is 1150. The summed E-state index contributed by atoms with van der Waals surface area (Å²) >= 11 is 12.6. The average Bonchev–Trinajstić information content (AvgIpc) is 2.89. The Morgan fingerprint density at radius 1 is 1.00 bits per heavy atom. The number of aryl methyl sites for hydroxylation is 1. The van der Waals surface area contributed by atoms with Crippen molar-refractivity contribution in [2.75, 3.05) is 13.2 Å².